The first-order valence-corrected chi connectivity index (χ1v) is 11.5. The van der Waals surface area contributed by atoms with E-state index in [0.29, 0.717) is 24.1 Å². The zero-order valence-corrected chi connectivity index (χ0v) is 18.4. The second-order valence-electron chi connectivity index (χ2n) is 9.04. The van der Waals surface area contributed by atoms with Crippen molar-refractivity contribution in [1.29, 1.82) is 0 Å². The van der Waals surface area contributed by atoms with E-state index in [9.17, 15) is 14.4 Å². The van der Waals surface area contributed by atoms with Crippen LogP contribution in [-0.4, -0.2) is 41.8 Å². The summed E-state index contributed by atoms with van der Waals surface area (Å²) < 4.78 is 0. The van der Waals surface area contributed by atoms with Crippen molar-refractivity contribution in [3.05, 3.63) is 77.9 Å². The summed E-state index contributed by atoms with van der Waals surface area (Å²) in [6.45, 7) is 2.61. The minimum atomic E-state index is -0.352. The molecule has 2 aliphatic heterocycles. The van der Waals surface area contributed by atoms with E-state index in [1.165, 1.54) is 10.6 Å². The zero-order chi connectivity index (χ0) is 22.8. The van der Waals surface area contributed by atoms with Gasteiger partial charge in [0.1, 0.15) is 0 Å². The number of allylic oxidation sites excluding steroid dienone is 2. The van der Waals surface area contributed by atoms with Crippen LogP contribution in [0.1, 0.15) is 35.2 Å². The third-order valence-electron chi connectivity index (χ3n) is 6.75. The van der Waals surface area contributed by atoms with Crippen LogP contribution in [0.3, 0.4) is 0 Å². The maximum absolute atomic E-state index is 13.0. The van der Waals surface area contributed by atoms with Crippen molar-refractivity contribution in [3.8, 4) is 0 Å². The fourth-order valence-corrected chi connectivity index (χ4v) is 4.97. The van der Waals surface area contributed by atoms with Crippen molar-refractivity contribution in [2.24, 2.45) is 11.8 Å². The number of fused-ring (bicyclic) bond motifs is 1. The van der Waals surface area contributed by atoms with Gasteiger partial charge in [0.15, 0.2) is 0 Å². The number of rotatable bonds is 5. The quantitative estimate of drug-likeness (QED) is 0.695. The van der Waals surface area contributed by atoms with Crippen molar-refractivity contribution < 1.29 is 14.4 Å². The number of carbonyl (C=O) groups is 3. The number of anilines is 1. The molecule has 7 heteroatoms. The van der Waals surface area contributed by atoms with Gasteiger partial charge in [-0.3, -0.25) is 24.7 Å². The number of likely N-dealkylation sites (tertiary alicyclic amines) is 1. The van der Waals surface area contributed by atoms with Crippen LogP contribution in [-0.2, 0) is 16.1 Å². The van der Waals surface area contributed by atoms with Gasteiger partial charge in [-0.05, 0) is 43.0 Å². The topological polar surface area (TPSA) is 81.8 Å². The molecule has 2 fully saturated rings. The highest BCUT2D eigenvalue weighted by Gasteiger charge is 2.42. The Balaban J connectivity index is 1.23. The number of nitrogens with zero attached hydrogens (tertiary/aromatic N) is 2. The maximum atomic E-state index is 13.0. The van der Waals surface area contributed by atoms with Crippen LogP contribution in [0.25, 0.3) is 0 Å². The molecule has 0 aromatic heterocycles. The molecular formula is C26H28N4O3. The van der Waals surface area contributed by atoms with Crippen LogP contribution in [0.4, 0.5) is 5.69 Å². The van der Waals surface area contributed by atoms with Gasteiger partial charge in [0.2, 0.25) is 11.8 Å². The van der Waals surface area contributed by atoms with Gasteiger partial charge in [0.05, 0.1) is 17.5 Å². The predicted octanol–water partition coefficient (Wildman–Crippen LogP) is 2.65. The molecule has 2 heterocycles. The molecule has 2 saturated heterocycles. The van der Waals surface area contributed by atoms with Crippen LogP contribution in [0.5, 0.6) is 0 Å². The molecule has 2 aromatic rings. The third-order valence-corrected chi connectivity index (χ3v) is 6.75. The number of carbonyl (C=O) groups excluding carboxylic acids is 3. The molecule has 3 unspecified atom stereocenters. The van der Waals surface area contributed by atoms with E-state index in [2.05, 4.69) is 27.8 Å². The Hall–Kier alpha value is -3.45. The Morgan fingerprint density at radius 1 is 1.00 bits per heavy atom. The van der Waals surface area contributed by atoms with Crippen LogP contribution < -0.4 is 15.8 Å². The molecule has 0 bridgehead atoms. The second kappa shape index (κ2) is 9.19. The number of hydrogen-bond donors (Lipinski definition) is 2. The van der Waals surface area contributed by atoms with Crippen LogP contribution in [0, 0.1) is 11.8 Å². The number of hydrazine groups is 1. The molecule has 7 nitrogen and oxygen atoms in total. The van der Waals surface area contributed by atoms with Gasteiger partial charge in [0, 0.05) is 31.2 Å². The second-order valence-corrected chi connectivity index (χ2v) is 9.04. The van der Waals surface area contributed by atoms with E-state index in [-0.39, 0.29) is 35.6 Å². The summed E-state index contributed by atoms with van der Waals surface area (Å²) in [6, 6.07) is 17.3. The maximum Gasteiger partial charge on any atom is 0.251 e. The normalized spacial score (nSPS) is 25.0. The van der Waals surface area contributed by atoms with Gasteiger partial charge >= 0.3 is 0 Å². The summed E-state index contributed by atoms with van der Waals surface area (Å²) in [5.41, 5.74) is 4.97. The molecule has 33 heavy (non-hydrogen) atoms. The van der Waals surface area contributed by atoms with Gasteiger partial charge in [-0.2, -0.15) is 0 Å². The summed E-state index contributed by atoms with van der Waals surface area (Å²) in [5.74, 6) is -1.11. The van der Waals surface area contributed by atoms with Crippen LogP contribution in [0.15, 0.2) is 66.7 Å². The Kier molecular flexibility index (Phi) is 5.96. The molecule has 170 valence electrons. The molecule has 0 radical (unpaired) electrons. The van der Waals surface area contributed by atoms with Crippen LogP contribution in [0.2, 0.25) is 0 Å². The monoisotopic (exact) mass is 444 g/mol. The lowest BCUT2D eigenvalue weighted by Gasteiger charge is -2.38. The average molecular weight is 445 g/mol. The lowest BCUT2D eigenvalue weighted by atomic mass is 9.80. The average Bonchev–Trinajstić information content (AvgIpc) is 3.28. The van der Waals surface area contributed by atoms with E-state index in [0.717, 1.165) is 26.1 Å². The highest BCUT2D eigenvalue weighted by molar-refractivity contribution is 6.05. The van der Waals surface area contributed by atoms with E-state index < -0.39 is 0 Å². The fourth-order valence-electron chi connectivity index (χ4n) is 4.97. The van der Waals surface area contributed by atoms with Gasteiger partial charge in [0.25, 0.3) is 5.91 Å². The van der Waals surface area contributed by atoms with Gasteiger partial charge < -0.3 is 5.32 Å². The summed E-state index contributed by atoms with van der Waals surface area (Å²) in [7, 11) is 0. The molecule has 2 aromatic carbocycles. The van der Waals surface area contributed by atoms with Gasteiger partial charge in [-0.1, -0.05) is 48.6 Å². The van der Waals surface area contributed by atoms with Gasteiger partial charge in [-0.15, -0.1) is 0 Å². The molecule has 1 aliphatic carbocycles. The lowest BCUT2D eigenvalue weighted by Crippen LogP contribution is -2.59. The Labute approximate surface area is 193 Å². The number of nitrogens with one attached hydrogen (secondary N) is 2. The minimum absolute atomic E-state index is 0.0796. The molecule has 3 atom stereocenters. The molecule has 2 N–H and O–H groups in total. The summed E-state index contributed by atoms with van der Waals surface area (Å²) >= 11 is 0. The first kappa shape index (κ1) is 21.4. The van der Waals surface area contributed by atoms with Gasteiger partial charge in [-0.25, -0.2) is 5.01 Å². The van der Waals surface area contributed by atoms with Crippen molar-refractivity contribution >= 4 is 23.4 Å². The smallest absolute Gasteiger partial charge is 0.251 e. The first-order chi connectivity index (χ1) is 16.1. The molecule has 5 rings (SSSR count). The zero-order valence-electron chi connectivity index (χ0n) is 18.4. The summed E-state index contributed by atoms with van der Waals surface area (Å²) in [4.78, 5) is 40.9. The van der Waals surface area contributed by atoms with E-state index in [1.807, 2.05) is 30.4 Å². The summed E-state index contributed by atoms with van der Waals surface area (Å²) in [5, 5.41) is 4.43. The predicted molar refractivity (Wildman–Crippen MR) is 125 cm³/mol. The Morgan fingerprint density at radius 2 is 1.79 bits per heavy atom. The number of benzene rings is 2. The molecule has 3 amide bonds. The lowest BCUT2D eigenvalue weighted by molar-refractivity contribution is -0.139. The summed E-state index contributed by atoms with van der Waals surface area (Å²) in [6.07, 6.45) is 5.96. The molecule has 3 aliphatic rings. The number of amides is 3. The Morgan fingerprint density at radius 3 is 2.61 bits per heavy atom. The van der Waals surface area contributed by atoms with Crippen molar-refractivity contribution in [3.63, 3.8) is 0 Å². The highest BCUT2D eigenvalue weighted by Crippen LogP contribution is 2.32. The van der Waals surface area contributed by atoms with Crippen molar-refractivity contribution in [2.45, 2.75) is 31.8 Å². The van der Waals surface area contributed by atoms with E-state index in [4.69, 9.17) is 0 Å². The van der Waals surface area contributed by atoms with Crippen LogP contribution >= 0.6 is 0 Å². The SMILES string of the molecule is O=C(NC1CCN(Cc2ccccc2)C1)c1cccc(N2NC(=O)C3CC=CCC3C2=O)c1. The fraction of sp³-hybridized carbons (Fsp3) is 0.346. The number of hydrogen-bond acceptors (Lipinski definition) is 4. The Bertz CT molecular complexity index is 1080. The van der Waals surface area contributed by atoms with E-state index in [1.54, 1.807) is 24.3 Å². The molecular weight excluding hydrogens is 416 g/mol. The molecule has 0 spiro atoms. The largest absolute Gasteiger partial charge is 0.348 e. The van der Waals surface area contributed by atoms with E-state index >= 15 is 0 Å². The minimum Gasteiger partial charge on any atom is -0.348 e. The van der Waals surface area contributed by atoms with Crippen molar-refractivity contribution in [1.82, 2.24) is 15.6 Å². The highest BCUT2D eigenvalue weighted by atomic mass is 16.2. The third kappa shape index (κ3) is 4.54. The molecule has 0 saturated carbocycles. The first-order valence-electron chi connectivity index (χ1n) is 11.5. The standard InChI is InChI=1S/C26H28N4O3/c31-24(27-20-13-14-29(17-20)16-18-7-2-1-3-8-18)19-9-6-10-21(15-19)30-26(33)23-12-5-4-11-22(23)25(32)28-30/h1-10,15,20,22-23H,11-14,16-17H2,(H,27,31)(H,28,32). The van der Waals surface area contributed by atoms with Crippen molar-refractivity contribution in [2.75, 3.05) is 18.1 Å².